The molecule has 1 aliphatic carbocycles. The number of halogens is 1. The molecule has 1 saturated carbocycles. The first-order chi connectivity index (χ1) is 9.82. The molecule has 0 unspecified atom stereocenters. The fourth-order valence-corrected chi connectivity index (χ4v) is 3.66. The van der Waals surface area contributed by atoms with Crippen molar-refractivity contribution in [3.05, 3.63) is 23.8 Å². The van der Waals surface area contributed by atoms with Crippen LogP contribution in [0.25, 0.3) is 0 Å². The van der Waals surface area contributed by atoms with Gasteiger partial charge in [0.15, 0.2) is 0 Å². The first-order valence-corrected chi connectivity index (χ1v) is 8.85. The van der Waals surface area contributed by atoms with Crippen molar-refractivity contribution in [3.63, 3.8) is 0 Å². The van der Waals surface area contributed by atoms with Crippen LogP contribution in [0.5, 0.6) is 0 Å². The molecule has 1 aliphatic heterocycles. The molecule has 1 heterocycles. The number of amides is 2. The number of carbonyl (C=O) groups is 2. The molecular formula is C13H13ClN2O4S. The summed E-state index contributed by atoms with van der Waals surface area (Å²) in [6.45, 7) is 0. The van der Waals surface area contributed by atoms with Gasteiger partial charge in [0.25, 0.3) is 15.0 Å². The molecule has 0 atom stereocenters. The minimum atomic E-state index is -3.93. The van der Waals surface area contributed by atoms with E-state index in [-0.39, 0.29) is 16.4 Å². The number of rotatable bonds is 1. The van der Waals surface area contributed by atoms with Gasteiger partial charge in [-0.25, -0.2) is 8.42 Å². The lowest BCUT2D eigenvalue weighted by Gasteiger charge is -2.25. The van der Waals surface area contributed by atoms with E-state index < -0.39 is 20.5 Å². The predicted molar refractivity (Wildman–Crippen MR) is 76.8 cm³/mol. The number of hydrogen-bond donors (Lipinski definition) is 2. The zero-order valence-corrected chi connectivity index (χ0v) is 12.6. The van der Waals surface area contributed by atoms with Crippen molar-refractivity contribution in [1.82, 2.24) is 5.32 Å². The molecule has 0 saturated heterocycles. The van der Waals surface area contributed by atoms with Gasteiger partial charge in [-0.3, -0.25) is 9.59 Å². The van der Waals surface area contributed by atoms with E-state index in [1.165, 1.54) is 18.2 Å². The second kappa shape index (κ2) is 4.71. The first-order valence-electron chi connectivity index (χ1n) is 6.55. The topological polar surface area (TPSA) is 92.3 Å². The highest BCUT2D eigenvalue weighted by Gasteiger charge is 2.44. The number of fused-ring (bicyclic) bond motifs is 1. The van der Waals surface area contributed by atoms with Crippen molar-refractivity contribution >= 4 is 37.2 Å². The summed E-state index contributed by atoms with van der Waals surface area (Å²) in [5.74, 6) is -0.721. The molecule has 0 radical (unpaired) electrons. The molecule has 1 fully saturated rings. The quantitative estimate of drug-likeness (QED) is 0.766. The highest BCUT2D eigenvalue weighted by atomic mass is 35.7. The largest absolute Gasteiger partial charge is 0.338 e. The molecule has 1 aromatic rings. The van der Waals surface area contributed by atoms with E-state index in [1.54, 1.807) is 0 Å². The minimum Gasteiger partial charge on any atom is -0.338 e. The zero-order chi connectivity index (χ0) is 15.3. The van der Waals surface area contributed by atoms with Crippen molar-refractivity contribution in [3.8, 4) is 0 Å². The normalized spacial score (nSPS) is 20.6. The Bertz CT molecular complexity index is 739. The Morgan fingerprint density at radius 3 is 2.43 bits per heavy atom. The molecule has 2 N–H and O–H groups in total. The fourth-order valence-electron chi connectivity index (χ4n) is 2.89. The smallest absolute Gasteiger partial charge is 0.261 e. The van der Waals surface area contributed by atoms with E-state index in [0.717, 1.165) is 12.8 Å². The minimum absolute atomic E-state index is 0.105. The van der Waals surface area contributed by atoms with Crippen molar-refractivity contribution in [2.45, 2.75) is 36.1 Å². The highest BCUT2D eigenvalue weighted by molar-refractivity contribution is 8.13. The molecule has 1 spiro atoms. The molecule has 6 nitrogen and oxygen atoms in total. The maximum atomic E-state index is 12.4. The summed E-state index contributed by atoms with van der Waals surface area (Å²) in [4.78, 5) is 24.5. The predicted octanol–water partition coefficient (Wildman–Crippen LogP) is 1.61. The third-order valence-corrected chi connectivity index (χ3v) is 5.36. The second-order valence-electron chi connectivity index (χ2n) is 5.34. The van der Waals surface area contributed by atoms with Gasteiger partial charge in [-0.2, -0.15) is 0 Å². The van der Waals surface area contributed by atoms with Gasteiger partial charge in [-0.1, -0.05) is 12.8 Å². The van der Waals surface area contributed by atoms with Crippen LogP contribution in [0.4, 0.5) is 5.69 Å². The van der Waals surface area contributed by atoms with Crippen LogP contribution in [-0.2, 0) is 13.8 Å². The van der Waals surface area contributed by atoms with Crippen molar-refractivity contribution < 1.29 is 18.0 Å². The van der Waals surface area contributed by atoms with E-state index in [1.807, 2.05) is 0 Å². The average Bonchev–Trinajstić information content (AvgIpc) is 2.83. The molecule has 2 aliphatic rings. The highest BCUT2D eigenvalue weighted by Crippen LogP contribution is 2.34. The molecular weight excluding hydrogens is 316 g/mol. The van der Waals surface area contributed by atoms with Crippen LogP contribution in [0.3, 0.4) is 0 Å². The number of carbonyl (C=O) groups excluding carboxylic acids is 2. The third-order valence-electron chi connectivity index (χ3n) is 4.01. The van der Waals surface area contributed by atoms with Crippen LogP contribution in [-0.4, -0.2) is 25.8 Å². The van der Waals surface area contributed by atoms with Crippen LogP contribution < -0.4 is 10.6 Å². The van der Waals surface area contributed by atoms with Gasteiger partial charge in [-0.05, 0) is 31.0 Å². The Hall–Kier alpha value is -1.60. The number of hydrogen-bond acceptors (Lipinski definition) is 4. The number of nitrogens with one attached hydrogen (secondary N) is 2. The van der Waals surface area contributed by atoms with Crippen LogP contribution >= 0.6 is 10.7 Å². The fraction of sp³-hybridized carbons (Fsp3) is 0.385. The SMILES string of the molecule is O=C1NC2(CCCC2)C(=O)Nc2ccc(S(=O)(=O)Cl)cc21. The molecule has 21 heavy (non-hydrogen) atoms. The maximum absolute atomic E-state index is 12.4. The lowest BCUT2D eigenvalue weighted by atomic mass is 9.96. The van der Waals surface area contributed by atoms with Crippen LogP contribution in [0.1, 0.15) is 36.0 Å². The Kier molecular flexibility index (Phi) is 3.22. The monoisotopic (exact) mass is 328 g/mol. The second-order valence-corrected chi connectivity index (χ2v) is 7.91. The van der Waals surface area contributed by atoms with Gasteiger partial charge in [0.2, 0.25) is 5.91 Å². The summed E-state index contributed by atoms with van der Waals surface area (Å²) in [7, 11) is 1.36. The lowest BCUT2D eigenvalue weighted by molar-refractivity contribution is -0.121. The molecule has 3 rings (SSSR count). The van der Waals surface area contributed by atoms with E-state index >= 15 is 0 Å². The number of benzene rings is 1. The number of anilines is 1. The zero-order valence-electron chi connectivity index (χ0n) is 11.0. The Morgan fingerprint density at radius 2 is 1.81 bits per heavy atom. The maximum Gasteiger partial charge on any atom is 0.261 e. The van der Waals surface area contributed by atoms with E-state index in [2.05, 4.69) is 10.6 Å². The van der Waals surface area contributed by atoms with Gasteiger partial charge in [0.1, 0.15) is 5.54 Å². The molecule has 2 amide bonds. The summed E-state index contributed by atoms with van der Waals surface area (Å²) in [5.41, 5.74) is -0.491. The molecule has 112 valence electrons. The Labute approximate surface area is 126 Å². The molecule has 0 bridgehead atoms. The molecule has 0 aromatic heterocycles. The third kappa shape index (κ3) is 2.40. The lowest BCUT2D eigenvalue weighted by Crippen LogP contribution is -2.53. The van der Waals surface area contributed by atoms with Crippen LogP contribution in [0.15, 0.2) is 23.1 Å². The van der Waals surface area contributed by atoms with E-state index in [4.69, 9.17) is 10.7 Å². The summed E-state index contributed by atoms with van der Waals surface area (Å²) in [6.07, 6.45) is 2.90. The van der Waals surface area contributed by atoms with E-state index in [0.29, 0.717) is 18.5 Å². The first kappa shape index (κ1) is 14.3. The summed E-state index contributed by atoms with van der Waals surface area (Å²) >= 11 is 0. The Morgan fingerprint density at radius 1 is 1.14 bits per heavy atom. The Balaban J connectivity index is 2.08. The molecule has 1 aromatic carbocycles. The summed E-state index contributed by atoms with van der Waals surface area (Å²) in [6, 6.07) is 3.83. The average molecular weight is 329 g/mol. The van der Waals surface area contributed by atoms with Gasteiger partial charge >= 0.3 is 0 Å². The summed E-state index contributed by atoms with van der Waals surface area (Å²) in [5, 5.41) is 5.45. The van der Waals surface area contributed by atoms with Gasteiger partial charge in [0, 0.05) is 10.7 Å². The molecule has 8 heteroatoms. The van der Waals surface area contributed by atoms with Gasteiger partial charge < -0.3 is 10.6 Å². The van der Waals surface area contributed by atoms with Crippen LogP contribution in [0.2, 0.25) is 0 Å². The summed E-state index contributed by atoms with van der Waals surface area (Å²) < 4.78 is 22.7. The van der Waals surface area contributed by atoms with E-state index in [9.17, 15) is 18.0 Å². The standard InChI is InChI=1S/C13H13ClN2O4S/c14-21(19,20)8-3-4-10-9(7-8)11(17)16-13(12(18)15-10)5-1-2-6-13/h3-4,7H,1-2,5-6H2,(H,15,18)(H,16,17). The van der Waals surface area contributed by atoms with Gasteiger partial charge in [-0.15, -0.1) is 0 Å². The van der Waals surface area contributed by atoms with Crippen LogP contribution in [0, 0.1) is 0 Å². The van der Waals surface area contributed by atoms with Gasteiger partial charge in [0.05, 0.1) is 16.1 Å². The van der Waals surface area contributed by atoms with Crippen molar-refractivity contribution in [2.24, 2.45) is 0 Å². The van der Waals surface area contributed by atoms with Crippen molar-refractivity contribution in [2.75, 3.05) is 5.32 Å². The van der Waals surface area contributed by atoms with Crippen molar-refractivity contribution in [1.29, 1.82) is 0 Å².